The van der Waals surface area contributed by atoms with Crippen molar-refractivity contribution < 1.29 is 4.79 Å². The van der Waals surface area contributed by atoms with Gasteiger partial charge in [0.25, 0.3) is 0 Å². The summed E-state index contributed by atoms with van der Waals surface area (Å²) in [6, 6.07) is 3.83. The lowest BCUT2D eigenvalue weighted by Crippen LogP contribution is -2.30. The van der Waals surface area contributed by atoms with Crippen molar-refractivity contribution in [1.82, 2.24) is 9.88 Å². The maximum atomic E-state index is 10.6. The molecular formula is C9H13N3O. The molecule has 0 aliphatic carbocycles. The molecule has 0 bridgehead atoms. The topological polar surface area (TPSA) is 59.2 Å². The summed E-state index contributed by atoms with van der Waals surface area (Å²) in [5.74, 6) is -0.314. The number of amides is 1. The molecule has 0 saturated carbocycles. The Kier molecular flexibility index (Phi) is 3.40. The molecule has 1 aromatic rings. The molecule has 70 valence electrons. The smallest absolute Gasteiger partial charge is 0.231 e. The summed E-state index contributed by atoms with van der Waals surface area (Å²) in [7, 11) is 1.84. The van der Waals surface area contributed by atoms with Crippen LogP contribution in [0, 0.1) is 0 Å². The Hall–Kier alpha value is -1.42. The van der Waals surface area contributed by atoms with Crippen molar-refractivity contribution in [2.45, 2.75) is 6.54 Å². The molecule has 1 aromatic heterocycles. The van der Waals surface area contributed by atoms with Crippen LogP contribution in [0.2, 0.25) is 0 Å². The first-order valence-electron chi connectivity index (χ1n) is 4.04. The average molecular weight is 179 g/mol. The zero-order valence-corrected chi connectivity index (χ0v) is 7.60. The van der Waals surface area contributed by atoms with E-state index < -0.39 is 0 Å². The van der Waals surface area contributed by atoms with Gasteiger partial charge < -0.3 is 5.73 Å². The third-order valence-corrected chi connectivity index (χ3v) is 1.60. The number of primary amides is 1. The lowest BCUT2D eigenvalue weighted by molar-refractivity contribution is -0.118. The second-order valence-electron chi connectivity index (χ2n) is 3.00. The highest BCUT2D eigenvalue weighted by molar-refractivity contribution is 5.75. The molecule has 1 amide bonds. The number of likely N-dealkylation sites (N-methyl/N-ethyl adjacent to an activating group) is 1. The molecule has 0 spiro atoms. The van der Waals surface area contributed by atoms with Crippen LogP contribution in [0.1, 0.15) is 5.56 Å². The van der Waals surface area contributed by atoms with Crippen molar-refractivity contribution in [3.05, 3.63) is 30.1 Å². The maximum Gasteiger partial charge on any atom is 0.231 e. The van der Waals surface area contributed by atoms with E-state index in [0.717, 1.165) is 5.56 Å². The maximum absolute atomic E-state index is 10.6. The van der Waals surface area contributed by atoms with E-state index in [1.807, 2.05) is 24.1 Å². The SMILES string of the molecule is CN(CC(N)=O)Cc1cccnc1. The van der Waals surface area contributed by atoms with Crippen molar-refractivity contribution in [3.63, 3.8) is 0 Å². The third-order valence-electron chi connectivity index (χ3n) is 1.60. The van der Waals surface area contributed by atoms with Crippen LogP contribution < -0.4 is 5.73 Å². The van der Waals surface area contributed by atoms with Crippen LogP contribution in [-0.4, -0.2) is 29.4 Å². The zero-order chi connectivity index (χ0) is 9.68. The highest BCUT2D eigenvalue weighted by atomic mass is 16.1. The fourth-order valence-electron chi connectivity index (χ4n) is 1.13. The summed E-state index contributed by atoms with van der Waals surface area (Å²) in [6.07, 6.45) is 3.50. The highest BCUT2D eigenvalue weighted by Gasteiger charge is 2.02. The van der Waals surface area contributed by atoms with Crippen LogP contribution in [0.4, 0.5) is 0 Å². The lowest BCUT2D eigenvalue weighted by atomic mass is 10.3. The Morgan fingerprint density at radius 2 is 2.46 bits per heavy atom. The number of hydrogen-bond acceptors (Lipinski definition) is 3. The number of hydrogen-bond donors (Lipinski definition) is 1. The highest BCUT2D eigenvalue weighted by Crippen LogP contribution is 1.99. The summed E-state index contributed by atoms with van der Waals surface area (Å²) in [6.45, 7) is 0.964. The molecule has 1 rings (SSSR count). The second kappa shape index (κ2) is 4.57. The van der Waals surface area contributed by atoms with Crippen LogP contribution >= 0.6 is 0 Å². The van der Waals surface area contributed by atoms with E-state index in [2.05, 4.69) is 4.98 Å². The van der Waals surface area contributed by atoms with Gasteiger partial charge >= 0.3 is 0 Å². The largest absolute Gasteiger partial charge is 0.369 e. The van der Waals surface area contributed by atoms with Crippen LogP contribution in [0.3, 0.4) is 0 Å². The number of pyridine rings is 1. The van der Waals surface area contributed by atoms with Gasteiger partial charge in [0.05, 0.1) is 6.54 Å². The molecule has 0 fully saturated rings. The molecule has 0 atom stereocenters. The van der Waals surface area contributed by atoms with Crippen molar-refractivity contribution >= 4 is 5.91 Å². The van der Waals surface area contributed by atoms with E-state index in [9.17, 15) is 4.79 Å². The standard InChI is InChI=1S/C9H13N3O/c1-12(7-9(10)13)6-8-3-2-4-11-5-8/h2-5H,6-7H2,1H3,(H2,10,13). The Labute approximate surface area is 77.4 Å². The molecule has 4 heteroatoms. The van der Waals surface area contributed by atoms with Gasteiger partial charge in [-0.25, -0.2) is 0 Å². The number of nitrogens with zero attached hydrogens (tertiary/aromatic N) is 2. The Morgan fingerprint density at radius 1 is 1.69 bits per heavy atom. The molecular weight excluding hydrogens is 166 g/mol. The van der Waals surface area contributed by atoms with Gasteiger partial charge in [-0.3, -0.25) is 14.7 Å². The van der Waals surface area contributed by atoms with Gasteiger partial charge in [0, 0.05) is 18.9 Å². The summed E-state index contributed by atoms with van der Waals surface area (Å²) in [5, 5.41) is 0. The number of rotatable bonds is 4. The molecule has 13 heavy (non-hydrogen) atoms. The number of carbonyl (C=O) groups excluding carboxylic acids is 1. The number of carbonyl (C=O) groups is 1. The lowest BCUT2D eigenvalue weighted by Gasteiger charge is -2.13. The summed E-state index contributed by atoms with van der Waals surface area (Å²) < 4.78 is 0. The van der Waals surface area contributed by atoms with Crippen LogP contribution in [-0.2, 0) is 11.3 Å². The Morgan fingerprint density at radius 3 is 3.00 bits per heavy atom. The molecule has 2 N–H and O–H groups in total. The van der Waals surface area contributed by atoms with Gasteiger partial charge in [0.15, 0.2) is 0 Å². The zero-order valence-electron chi connectivity index (χ0n) is 7.60. The third kappa shape index (κ3) is 3.66. The monoisotopic (exact) mass is 179 g/mol. The molecule has 0 unspecified atom stereocenters. The van der Waals surface area contributed by atoms with Crippen molar-refractivity contribution in [2.24, 2.45) is 5.73 Å². The van der Waals surface area contributed by atoms with Crippen LogP contribution in [0.25, 0.3) is 0 Å². The normalized spacial score (nSPS) is 10.3. The predicted octanol–water partition coefficient (Wildman–Crippen LogP) is -0.00130. The van der Waals surface area contributed by atoms with E-state index in [1.54, 1.807) is 12.4 Å². The average Bonchev–Trinajstić information content (AvgIpc) is 2.04. The Balaban J connectivity index is 2.45. The predicted molar refractivity (Wildman–Crippen MR) is 49.8 cm³/mol. The number of nitrogens with two attached hydrogens (primary N) is 1. The van der Waals surface area contributed by atoms with Crippen molar-refractivity contribution in [3.8, 4) is 0 Å². The van der Waals surface area contributed by atoms with E-state index in [0.29, 0.717) is 6.54 Å². The first-order valence-corrected chi connectivity index (χ1v) is 4.04. The minimum absolute atomic E-state index is 0.273. The van der Waals surface area contributed by atoms with Crippen molar-refractivity contribution in [2.75, 3.05) is 13.6 Å². The van der Waals surface area contributed by atoms with Gasteiger partial charge in [-0.05, 0) is 18.7 Å². The summed E-state index contributed by atoms with van der Waals surface area (Å²) in [4.78, 5) is 16.4. The van der Waals surface area contributed by atoms with Crippen LogP contribution in [0.15, 0.2) is 24.5 Å². The quantitative estimate of drug-likeness (QED) is 0.707. The number of aromatic nitrogens is 1. The van der Waals surface area contributed by atoms with Crippen molar-refractivity contribution in [1.29, 1.82) is 0 Å². The van der Waals surface area contributed by atoms with E-state index in [4.69, 9.17) is 5.73 Å². The minimum atomic E-state index is -0.314. The van der Waals surface area contributed by atoms with Crippen LogP contribution in [0.5, 0.6) is 0 Å². The van der Waals surface area contributed by atoms with Gasteiger partial charge in [0.2, 0.25) is 5.91 Å². The molecule has 0 aliphatic heterocycles. The first-order chi connectivity index (χ1) is 6.18. The second-order valence-corrected chi connectivity index (χ2v) is 3.00. The fraction of sp³-hybridized carbons (Fsp3) is 0.333. The van der Waals surface area contributed by atoms with E-state index >= 15 is 0 Å². The molecule has 0 aliphatic rings. The summed E-state index contributed by atoms with van der Waals surface area (Å²) >= 11 is 0. The molecule has 1 heterocycles. The van der Waals surface area contributed by atoms with Gasteiger partial charge in [-0.1, -0.05) is 6.07 Å². The fourth-order valence-corrected chi connectivity index (χ4v) is 1.13. The molecule has 0 aromatic carbocycles. The molecule has 4 nitrogen and oxygen atoms in total. The van der Waals surface area contributed by atoms with Gasteiger partial charge in [-0.2, -0.15) is 0 Å². The minimum Gasteiger partial charge on any atom is -0.369 e. The molecule has 0 saturated heterocycles. The van der Waals surface area contributed by atoms with Gasteiger partial charge in [0.1, 0.15) is 0 Å². The van der Waals surface area contributed by atoms with E-state index in [-0.39, 0.29) is 12.5 Å². The summed E-state index contributed by atoms with van der Waals surface area (Å²) in [5.41, 5.74) is 6.13. The van der Waals surface area contributed by atoms with E-state index in [1.165, 1.54) is 0 Å². The first kappa shape index (κ1) is 9.67. The Bertz CT molecular complexity index is 273. The molecule has 0 radical (unpaired) electrons. The van der Waals surface area contributed by atoms with Gasteiger partial charge in [-0.15, -0.1) is 0 Å².